The number of hydrogen-bond acceptors (Lipinski definition) is 3. The minimum Gasteiger partial charge on any atom is -0.493 e. The van der Waals surface area contributed by atoms with Crippen LogP contribution in [0.4, 0.5) is 4.39 Å². The Balaban J connectivity index is 1.95. The predicted molar refractivity (Wildman–Crippen MR) is 84.9 cm³/mol. The first-order valence-corrected chi connectivity index (χ1v) is 7.22. The Labute approximate surface area is 134 Å². The zero-order valence-corrected chi connectivity index (χ0v) is 12.8. The summed E-state index contributed by atoms with van der Waals surface area (Å²) < 4.78 is 34.1. The Morgan fingerprint density at radius 3 is 2.65 bits per heavy atom. The number of benzene rings is 2. The highest BCUT2D eigenvalue weighted by Gasteiger charge is 2.26. The number of nitrogens with zero attached hydrogens (tertiary/aromatic N) is 2. The van der Waals surface area contributed by atoms with Gasteiger partial charge in [0, 0.05) is 17.5 Å². The standard InChI is InChI=1S/C18H15FN2O2/c1-22-16-7-11-6-12-10-20-21(14-5-3-4-13(19)8-14)18(12)15(11)9-17(16)23-2/h3-5,7-10H,6H2,1-2H3/i10D. The van der Waals surface area contributed by atoms with Crippen molar-refractivity contribution >= 4 is 0 Å². The fourth-order valence-corrected chi connectivity index (χ4v) is 3.01. The van der Waals surface area contributed by atoms with Crippen molar-refractivity contribution in [3.63, 3.8) is 0 Å². The molecule has 0 saturated heterocycles. The number of halogens is 1. The molecule has 0 aliphatic heterocycles. The molecule has 23 heavy (non-hydrogen) atoms. The van der Waals surface area contributed by atoms with E-state index in [1.54, 1.807) is 31.0 Å². The van der Waals surface area contributed by atoms with Crippen molar-refractivity contribution in [1.29, 1.82) is 0 Å². The summed E-state index contributed by atoms with van der Waals surface area (Å²) in [4.78, 5) is 0. The van der Waals surface area contributed by atoms with Gasteiger partial charge in [-0.2, -0.15) is 5.10 Å². The van der Waals surface area contributed by atoms with Gasteiger partial charge in [-0.1, -0.05) is 6.07 Å². The van der Waals surface area contributed by atoms with Gasteiger partial charge in [-0.3, -0.25) is 0 Å². The van der Waals surface area contributed by atoms with Crippen molar-refractivity contribution in [2.24, 2.45) is 0 Å². The van der Waals surface area contributed by atoms with Crippen molar-refractivity contribution < 1.29 is 15.2 Å². The van der Waals surface area contributed by atoms with Gasteiger partial charge in [0.05, 0.1) is 33.1 Å². The second kappa shape index (κ2) is 5.12. The summed E-state index contributed by atoms with van der Waals surface area (Å²) >= 11 is 0. The molecule has 0 N–H and O–H groups in total. The molecule has 116 valence electrons. The van der Waals surface area contributed by atoms with Crippen molar-refractivity contribution in [3.05, 3.63) is 59.5 Å². The minimum atomic E-state index is -0.339. The second-order valence-electron chi connectivity index (χ2n) is 5.37. The topological polar surface area (TPSA) is 36.3 Å². The monoisotopic (exact) mass is 311 g/mol. The highest BCUT2D eigenvalue weighted by atomic mass is 19.1. The maximum absolute atomic E-state index is 13.6. The zero-order valence-electron chi connectivity index (χ0n) is 13.8. The van der Waals surface area contributed by atoms with E-state index in [0.29, 0.717) is 23.6 Å². The molecule has 0 spiro atoms. The van der Waals surface area contributed by atoms with Crippen LogP contribution in [0.2, 0.25) is 0 Å². The van der Waals surface area contributed by atoms with Crippen molar-refractivity contribution in [2.75, 3.05) is 14.2 Å². The Morgan fingerprint density at radius 1 is 1.13 bits per heavy atom. The Morgan fingerprint density at radius 2 is 1.91 bits per heavy atom. The average molecular weight is 311 g/mol. The molecule has 0 bridgehead atoms. The number of aromatic nitrogens is 2. The summed E-state index contributed by atoms with van der Waals surface area (Å²) in [7, 11) is 3.18. The molecule has 0 fully saturated rings. The summed E-state index contributed by atoms with van der Waals surface area (Å²) in [5.41, 5.74) is 4.19. The number of methoxy groups -OCH3 is 2. The summed E-state index contributed by atoms with van der Waals surface area (Å²) in [6.45, 7) is 0. The molecule has 0 unspecified atom stereocenters. The van der Waals surface area contributed by atoms with Crippen LogP contribution >= 0.6 is 0 Å². The maximum Gasteiger partial charge on any atom is 0.161 e. The predicted octanol–water partition coefficient (Wildman–Crippen LogP) is 3.60. The van der Waals surface area contributed by atoms with Crippen molar-refractivity contribution in [2.45, 2.75) is 6.42 Å². The van der Waals surface area contributed by atoms with E-state index >= 15 is 0 Å². The first-order valence-electron chi connectivity index (χ1n) is 7.72. The molecule has 0 radical (unpaired) electrons. The van der Waals surface area contributed by atoms with E-state index in [4.69, 9.17) is 10.8 Å². The van der Waals surface area contributed by atoms with Crippen molar-refractivity contribution in [1.82, 2.24) is 9.78 Å². The molecule has 1 aliphatic carbocycles. The highest BCUT2D eigenvalue weighted by Crippen LogP contribution is 2.43. The molecule has 1 aromatic heterocycles. The minimum absolute atomic E-state index is 0.198. The molecule has 1 heterocycles. The Kier molecular flexibility index (Phi) is 2.83. The van der Waals surface area contributed by atoms with Gasteiger partial charge in [-0.15, -0.1) is 0 Å². The normalized spacial score (nSPS) is 12.6. The van der Waals surface area contributed by atoms with E-state index in [-0.39, 0.29) is 12.0 Å². The van der Waals surface area contributed by atoms with Gasteiger partial charge in [-0.05, 0) is 35.9 Å². The Hall–Kier alpha value is -2.82. The van der Waals surface area contributed by atoms with Crippen molar-refractivity contribution in [3.8, 4) is 28.4 Å². The number of hydrogen-bond donors (Lipinski definition) is 0. The van der Waals surface area contributed by atoms with Gasteiger partial charge < -0.3 is 9.47 Å². The largest absolute Gasteiger partial charge is 0.493 e. The molecule has 0 saturated carbocycles. The van der Waals surface area contributed by atoms with Gasteiger partial charge in [0.2, 0.25) is 0 Å². The summed E-state index contributed by atoms with van der Waals surface area (Å²) in [5, 5.41) is 4.29. The summed E-state index contributed by atoms with van der Waals surface area (Å²) in [6, 6.07) is 10.0. The first-order chi connectivity index (χ1) is 11.6. The van der Waals surface area contributed by atoms with Crippen LogP contribution in [0.15, 0.2) is 42.6 Å². The van der Waals surface area contributed by atoms with E-state index in [0.717, 1.165) is 22.4 Å². The molecule has 4 rings (SSSR count). The third kappa shape index (κ3) is 2.08. The van der Waals surface area contributed by atoms with Gasteiger partial charge in [-0.25, -0.2) is 9.07 Å². The van der Waals surface area contributed by atoms with Gasteiger partial charge >= 0.3 is 0 Å². The van der Waals surface area contributed by atoms with Crippen LogP contribution in [-0.4, -0.2) is 24.0 Å². The molecule has 2 aromatic carbocycles. The molecular weight excluding hydrogens is 295 g/mol. The maximum atomic E-state index is 13.6. The van der Waals surface area contributed by atoms with Crippen LogP contribution in [0.3, 0.4) is 0 Å². The van der Waals surface area contributed by atoms with Crippen LogP contribution < -0.4 is 9.47 Å². The van der Waals surface area contributed by atoms with Crippen LogP contribution in [0.5, 0.6) is 11.5 Å². The molecular formula is C18H15FN2O2. The first kappa shape index (κ1) is 12.7. The summed E-state index contributed by atoms with van der Waals surface area (Å²) in [6.07, 6.45) is 0.794. The molecule has 1 aliphatic rings. The lowest BCUT2D eigenvalue weighted by Crippen LogP contribution is -2.00. The van der Waals surface area contributed by atoms with Crippen LogP contribution in [0.1, 0.15) is 12.5 Å². The lowest BCUT2D eigenvalue weighted by molar-refractivity contribution is 0.355. The molecule has 3 aromatic rings. The highest BCUT2D eigenvalue weighted by molar-refractivity contribution is 5.78. The number of rotatable bonds is 3. The van der Waals surface area contributed by atoms with E-state index in [9.17, 15) is 4.39 Å². The fraction of sp³-hybridized carbons (Fsp3) is 0.167. The lowest BCUT2D eigenvalue weighted by Gasteiger charge is -2.12. The van der Waals surface area contributed by atoms with E-state index in [1.807, 2.05) is 12.1 Å². The molecule has 0 amide bonds. The SMILES string of the molecule is [2H]c1nn(-c2cccc(F)c2)c2c1Cc1cc(OC)c(OC)cc1-2. The quantitative estimate of drug-likeness (QED) is 0.580. The smallest absolute Gasteiger partial charge is 0.161 e. The van der Waals surface area contributed by atoms with E-state index < -0.39 is 0 Å². The summed E-state index contributed by atoms with van der Waals surface area (Å²) in [5.74, 6) is 0.926. The number of fused-ring (bicyclic) bond motifs is 3. The zero-order chi connectivity index (χ0) is 16.8. The fourth-order valence-electron chi connectivity index (χ4n) is 3.01. The second-order valence-corrected chi connectivity index (χ2v) is 5.37. The third-order valence-electron chi connectivity index (χ3n) is 4.07. The average Bonchev–Trinajstić information content (AvgIpc) is 3.11. The lowest BCUT2D eigenvalue weighted by atomic mass is 10.1. The van der Waals surface area contributed by atoms with Crippen LogP contribution in [0.25, 0.3) is 16.9 Å². The molecule has 5 heteroatoms. The molecule has 4 nitrogen and oxygen atoms in total. The van der Waals surface area contributed by atoms with Gasteiger partial charge in [0.1, 0.15) is 5.82 Å². The molecule has 0 atom stereocenters. The Bertz CT molecular complexity index is 952. The van der Waals surface area contributed by atoms with Crippen LogP contribution in [0, 0.1) is 5.82 Å². The number of ether oxygens (including phenoxy) is 2. The van der Waals surface area contributed by atoms with Crippen LogP contribution in [-0.2, 0) is 6.42 Å². The van der Waals surface area contributed by atoms with Gasteiger partial charge in [0.25, 0.3) is 0 Å². The van der Waals surface area contributed by atoms with E-state index in [2.05, 4.69) is 5.10 Å². The van der Waals surface area contributed by atoms with E-state index in [1.165, 1.54) is 12.1 Å². The third-order valence-corrected chi connectivity index (χ3v) is 4.07. The van der Waals surface area contributed by atoms with Gasteiger partial charge in [0.15, 0.2) is 11.5 Å².